The Morgan fingerprint density at radius 2 is 1.02 bits per heavy atom. The van der Waals surface area contributed by atoms with Crippen molar-refractivity contribution in [1.82, 2.24) is 0 Å². The number of carbonyl (C=O) groups excluding carboxylic acids is 2. The molecule has 0 aromatic rings. The van der Waals surface area contributed by atoms with Crippen LogP contribution in [0.25, 0.3) is 0 Å². The number of hydrogen-bond donors (Lipinski definition) is 0. The molecule has 0 bridgehead atoms. The summed E-state index contributed by atoms with van der Waals surface area (Å²) in [7, 11) is 7.81. The zero-order chi connectivity index (χ0) is 33.1. The van der Waals surface area contributed by atoms with E-state index in [0.717, 1.165) is 11.1 Å². The molecule has 1 aliphatic heterocycles. The molecule has 0 N–H and O–H groups in total. The van der Waals surface area contributed by atoms with Crippen LogP contribution in [0.5, 0.6) is 0 Å². The Morgan fingerprint density at radius 3 is 1.40 bits per heavy atom. The van der Waals surface area contributed by atoms with Crippen LogP contribution < -0.4 is 0 Å². The molecule has 0 spiro atoms. The third-order valence-electron chi connectivity index (χ3n) is 12.8. The topological polar surface area (TPSA) is 98.8 Å². The number of ether oxygens (including phenoxy) is 7. The average molecular weight is 597 g/mol. The Hall–Kier alpha value is -1.78. The Bertz CT molecular complexity index is 1160. The van der Waals surface area contributed by atoms with Crippen molar-refractivity contribution in [2.75, 3.05) is 42.3 Å². The van der Waals surface area contributed by atoms with Crippen molar-refractivity contribution in [1.29, 1.82) is 0 Å². The fourth-order valence-corrected chi connectivity index (χ4v) is 7.98. The number of esters is 2. The normalized spacial score (nSPS) is 38.3. The lowest BCUT2D eigenvalue weighted by molar-refractivity contribution is -0.235. The van der Waals surface area contributed by atoms with Gasteiger partial charge in [0.1, 0.15) is 34.8 Å². The molecule has 0 aromatic heterocycles. The van der Waals surface area contributed by atoms with Gasteiger partial charge in [0.25, 0.3) is 0 Å². The van der Waals surface area contributed by atoms with Crippen LogP contribution in [0, 0.1) is 16.2 Å². The van der Waals surface area contributed by atoms with Gasteiger partial charge < -0.3 is 33.2 Å². The minimum Gasteiger partial charge on any atom is -0.466 e. The Labute approximate surface area is 253 Å². The molecule has 0 aromatic carbocycles. The van der Waals surface area contributed by atoms with E-state index in [9.17, 15) is 9.59 Å². The van der Waals surface area contributed by atoms with Gasteiger partial charge in [-0.25, -0.2) is 9.59 Å². The lowest BCUT2D eigenvalue weighted by atomic mass is 9.47. The molecule has 9 nitrogen and oxygen atoms in total. The molecule has 242 valence electrons. The van der Waals surface area contributed by atoms with Gasteiger partial charge in [0.15, 0.2) is 0 Å². The van der Waals surface area contributed by atoms with Gasteiger partial charge in [-0.1, -0.05) is 41.5 Å². The first kappa shape index (κ1) is 36.4. The average Bonchev–Trinajstić information content (AvgIpc) is 3.26. The Morgan fingerprint density at radius 1 is 0.595 bits per heavy atom. The monoisotopic (exact) mass is 596 g/mol. The maximum absolute atomic E-state index is 12.4. The first-order valence-electron chi connectivity index (χ1n) is 14.5. The van der Waals surface area contributed by atoms with E-state index in [1.54, 1.807) is 21.3 Å². The summed E-state index contributed by atoms with van der Waals surface area (Å²) in [4.78, 5) is 24.8. The van der Waals surface area contributed by atoms with E-state index in [0.29, 0.717) is 11.1 Å². The van der Waals surface area contributed by atoms with E-state index in [4.69, 9.17) is 33.2 Å². The molecular formula is C33H56O9. The lowest BCUT2D eigenvalue weighted by Crippen LogP contribution is -2.72. The summed E-state index contributed by atoms with van der Waals surface area (Å²) < 4.78 is 39.7. The predicted molar refractivity (Wildman–Crippen MR) is 161 cm³/mol. The highest BCUT2D eigenvalue weighted by molar-refractivity contribution is 5.92. The summed E-state index contributed by atoms with van der Waals surface area (Å²) in [6, 6.07) is 0. The number of carbonyl (C=O) groups is 2. The van der Waals surface area contributed by atoms with Crippen molar-refractivity contribution in [2.24, 2.45) is 16.2 Å². The molecule has 0 amide bonds. The summed E-state index contributed by atoms with van der Waals surface area (Å²) in [5, 5.41) is 0. The summed E-state index contributed by atoms with van der Waals surface area (Å²) in [6.07, 6.45) is 0. The zero-order valence-corrected chi connectivity index (χ0v) is 29.4. The molecule has 1 saturated heterocycles. The molecule has 5 unspecified atom stereocenters. The van der Waals surface area contributed by atoms with Gasteiger partial charge in [-0.05, 0) is 59.6 Å². The zero-order valence-electron chi connectivity index (χ0n) is 29.4. The van der Waals surface area contributed by atoms with Crippen molar-refractivity contribution in [3.05, 3.63) is 22.3 Å². The Balaban J connectivity index is 0.000000293. The van der Waals surface area contributed by atoms with Gasteiger partial charge >= 0.3 is 11.9 Å². The van der Waals surface area contributed by atoms with Crippen molar-refractivity contribution in [3.8, 4) is 0 Å². The van der Waals surface area contributed by atoms with Gasteiger partial charge in [0.05, 0.1) is 14.2 Å². The highest BCUT2D eigenvalue weighted by Crippen LogP contribution is 2.63. The van der Waals surface area contributed by atoms with Crippen LogP contribution in [0.2, 0.25) is 0 Å². The number of rotatable bonds is 5. The highest BCUT2D eigenvalue weighted by Gasteiger charge is 2.73. The summed E-state index contributed by atoms with van der Waals surface area (Å²) >= 11 is 0. The second-order valence-electron chi connectivity index (χ2n) is 14.0. The summed E-state index contributed by atoms with van der Waals surface area (Å²) in [6.45, 7) is 26.3. The molecular weight excluding hydrogens is 540 g/mol. The van der Waals surface area contributed by atoms with Crippen LogP contribution in [0.1, 0.15) is 90.0 Å². The largest absolute Gasteiger partial charge is 0.466 e. The fraction of sp³-hybridized carbons (Fsp3) is 0.818. The first-order valence-corrected chi connectivity index (χ1v) is 14.5. The number of methoxy groups -OCH3 is 5. The van der Waals surface area contributed by atoms with Crippen molar-refractivity contribution in [2.45, 2.75) is 118 Å². The van der Waals surface area contributed by atoms with Gasteiger partial charge in [-0.2, -0.15) is 0 Å². The molecule has 5 atom stereocenters. The number of hydrogen-bond acceptors (Lipinski definition) is 9. The van der Waals surface area contributed by atoms with Crippen molar-refractivity contribution >= 4 is 11.9 Å². The van der Waals surface area contributed by atoms with Gasteiger partial charge in [0.2, 0.25) is 0 Å². The van der Waals surface area contributed by atoms with Gasteiger partial charge in [-0.15, -0.1) is 0 Å². The van der Waals surface area contributed by atoms with Gasteiger partial charge in [-0.3, -0.25) is 0 Å². The predicted octanol–water partition coefficient (Wildman–Crippen LogP) is 5.79. The maximum Gasteiger partial charge on any atom is 0.334 e. The SMILES string of the molecule is COC(=O)C1=C(C)C(C)(OC)C(C)(OC)C(C)(C)C1(C)C.COC(=O)C1=C(C)C2(C)OCOC2(C)C(C)(OC)C1(C)C. The summed E-state index contributed by atoms with van der Waals surface area (Å²) in [5.74, 6) is -0.647. The van der Waals surface area contributed by atoms with E-state index in [1.807, 2.05) is 55.4 Å². The first-order chi connectivity index (χ1) is 18.9. The van der Waals surface area contributed by atoms with E-state index in [-0.39, 0.29) is 24.1 Å². The third kappa shape index (κ3) is 4.13. The molecule has 3 aliphatic rings. The van der Waals surface area contributed by atoms with E-state index in [2.05, 4.69) is 34.6 Å². The van der Waals surface area contributed by atoms with E-state index >= 15 is 0 Å². The second-order valence-corrected chi connectivity index (χ2v) is 14.0. The molecule has 2 aliphatic carbocycles. The van der Waals surface area contributed by atoms with Gasteiger partial charge in [0, 0.05) is 48.7 Å². The van der Waals surface area contributed by atoms with E-state index in [1.165, 1.54) is 14.2 Å². The molecule has 1 heterocycles. The van der Waals surface area contributed by atoms with E-state index < -0.39 is 38.8 Å². The van der Waals surface area contributed by atoms with Crippen molar-refractivity contribution in [3.63, 3.8) is 0 Å². The molecule has 42 heavy (non-hydrogen) atoms. The van der Waals surface area contributed by atoms with Crippen LogP contribution in [0.4, 0.5) is 0 Å². The van der Waals surface area contributed by atoms with Crippen LogP contribution in [0.15, 0.2) is 22.3 Å². The summed E-state index contributed by atoms with van der Waals surface area (Å²) in [5.41, 5.74) is -1.92. The second kappa shape index (κ2) is 11.0. The third-order valence-corrected chi connectivity index (χ3v) is 12.8. The molecule has 9 heteroatoms. The molecule has 1 fully saturated rings. The quantitative estimate of drug-likeness (QED) is 0.365. The molecule has 3 rings (SSSR count). The number of fused-ring (bicyclic) bond motifs is 1. The lowest BCUT2D eigenvalue weighted by Gasteiger charge is -2.63. The van der Waals surface area contributed by atoms with Crippen LogP contribution in [-0.2, 0) is 42.7 Å². The van der Waals surface area contributed by atoms with Crippen molar-refractivity contribution < 1.29 is 42.7 Å². The minimum absolute atomic E-state index is 0.174. The minimum atomic E-state index is -0.756. The van der Waals surface area contributed by atoms with Crippen LogP contribution in [0.3, 0.4) is 0 Å². The fourth-order valence-electron chi connectivity index (χ4n) is 7.98. The smallest absolute Gasteiger partial charge is 0.334 e. The van der Waals surface area contributed by atoms with Crippen LogP contribution >= 0.6 is 0 Å². The maximum atomic E-state index is 12.4. The van der Waals surface area contributed by atoms with Crippen LogP contribution in [-0.4, -0.2) is 82.3 Å². The standard InChI is InChI=1S/C17H30O4.C16H26O5/c1-11-12(13(18)19-8)14(2,3)15(4,5)17(7,21-10)16(11,6)20-9;1-10-11(12(17)18-7)13(2,3)15(5,19-8)16(6)14(10,4)20-9-21-16/h1-10H3;9H2,1-8H3. The highest BCUT2D eigenvalue weighted by atomic mass is 16.7. The molecule has 0 radical (unpaired) electrons. The molecule has 0 saturated carbocycles. The Kier molecular flexibility index (Phi) is 9.52.